The predicted molar refractivity (Wildman–Crippen MR) is 109 cm³/mol. The van der Waals surface area contributed by atoms with Gasteiger partial charge in [0.1, 0.15) is 11.5 Å². The molecule has 0 amide bonds. The van der Waals surface area contributed by atoms with Gasteiger partial charge in [-0.05, 0) is 49.3 Å². The van der Waals surface area contributed by atoms with Crippen LogP contribution in [0.1, 0.15) is 93.7 Å². The van der Waals surface area contributed by atoms with Gasteiger partial charge < -0.3 is 4.52 Å². The van der Waals surface area contributed by atoms with Crippen LogP contribution in [0.5, 0.6) is 0 Å². The molecule has 1 aromatic carbocycles. The highest BCUT2D eigenvalue weighted by atomic mass is 32.2. The molecular weight excluding hydrogens is 372 g/mol. The second kappa shape index (κ2) is 7.99. The van der Waals surface area contributed by atoms with Crippen LogP contribution in [0.4, 0.5) is 0 Å². The third-order valence-corrected chi connectivity index (χ3v) is 8.15. The highest BCUT2D eigenvalue weighted by Crippen LogP contribution is 2.38. The van der Waals surface area contributed by atoms with Crippen molar-refractivity contribution in [1.82, 2.24) is 9.46 Å². The fourth-order valence-electron chi connectivity index (χ4n) is 4.54. The van der Waals surface area contributed by atoms with Crippen molar-refractivity contribution in [3.05, 3.63) is 47.3 Å². The lowest BCUT2D eigenvalue weighted by atomic mass is 9.84. The van der Waals surface area contributed by atoms with Gasteiger partial charge in [-0.25, -0.2) is 8.42 Å². The Morgan fingerprint density at radius 2 is 1.75 bits per heavy atom. The van der Waals surface area contributed by atoms with E-state index in [4.69, 9.17) is 4.52 Å². The lowest BCUT2D eigenvalue weighted by Crippen LogP contribution is -2.30. The number of hydrogen-bond acceptors (Lipinski definition) is 4. The Kier molecular flexibility index (Phi) is 5.61. The molecule has 4 rings (SSSR count). The molecule has 6 heteroatoms. The Hall–Kier alpha value is -1.66. The van der Waals surface area contributed by atoms with Crippen LogP contribution in [0, 0.1) is 0 Å². The van der Waals surface area contributed by atoms with E-state index in [0.29, 0.717) is 17.4 Å². The van der Waals surface area contributed by atoms with Gasteiger partial charge in [-0.15, -0.1) is 0 Å². The minimum absolute atomic E-state index is 0.236. The van der Waals surface area contributed by atoms with Crippen molar-refractivity contribution >= 4 is 10.0 Å². The van der Waals surface area contributed by atoms with Gasteiger partial charge in [-0.2, -0.15) is 4.31 Å². The monoisotopic (exact) mass is 402 g/mol. The van der Waals surface area contributed by atoms with Crippen molar-refractivity contribution in [2.45, 2.75) is 81.6 Å². The first kappa shape index (κ1) is 19.6. The average molecular weight is 403 g/mol. The van der Waals surface area contributed by atoms with Crippen molar-refractivity contribution in [3.8, 4) is 0 Å². The molecule has 2 fully saturated rings. The maximum Gasteiger partial charge on any atom is 0.243 e. The summed E-state index contributed by atoms with van der Waals surface area (Å²) in [5.41, 5.74) is 2.00. The van der Waals surface area contributed by atoms with Crippen LogP contribution < -0.4 is 0 Å². The summed E-state index contributed by atoms with van der Waals surface area (Å²) in [6.45, 7) is 4.61. The van der Waals surface area contributed by atoms with Gasteiger partial charge in [-0.1, -0.05) is 50.4 Å². The number of benzene rings is 1. The van der Waals surface area contributed by atoms with Crippen molar-refractivity contribution < 1.29 is 12.9 Å². The second-order valence-electron chi connectivity index (χ2n) is 8.49. The summed E-state index contributed by atoms with van der Waals surface area (Å²) in [7, 11) is -3.54. The molecule has 1 saturated heterocycles. The number of hydrogen-bond donors (Lipinski definition) is 0. The van der Waals surface area contributed by atoms with E-state index in [1.165, 1.54) is 37.7 Å². The van der Waals surface area contributed by atoms with Crippen molar-refractivity contribution in [1.29, 1.82) is 0 Å². The molecule has 0 bridgehead atoms. The number of rotatable bonds is 5. The molecular formula is C22H30N2O3S. The maximum absolute atomic E-state index is 13.3. The van der Waals surface area contributed by atoms with Crippen LogP contribution in [-0.4, -0.2) is 24.4 Å². The summed E-state index contributed by atoms with van der Waals surface area (Å²) >= 11 is 0. The number of nitrogens with zero attached hydrogens (tertiary/aromatic N) is 2. The van der Waals surface area contributed by atoms with Crippen LogP contribution in [-0.2, 0) is 10.0 Å². The molecule has 2 aromatic rings. The van der Waals surface area contributed by atoms with Crippen LogP contribution in [0.25, 0.3) is 0 Å². The molecule has 1 aliphatic carbocycles. The average Bonchev–Trinajstić information content (AvgIpc) is 3.38. The zero-order valence-electron chi connectivity index (χ0n) is 16.8. The maximum atomic E-state index is 13.3. The quantitative estimate of drug-likeness (QED) is 0.674. The second-order valence-corrected chi connectivity index (χ2v) is 10.4. The molecule has 2 aliphatic rings. The summed E-state index contributed by atoms with van der Waals surface area (Å²) in [4.78, 5) is 0.381. The van der Waals surface area contributed by atoms with Crippen molar-refractivity contribution in [2.75, 3.05) is 6.54 Å². The number of sulfonamides is 1. The molecule has 1 atom stereocenters. The molecule has 1 unspecified atom stereocenters. The third kappa shape index (κ3) is 3.77. The van der Waals surface area contributed by atoms with E-state index in [2.05, 4.69) is 5.16 Å². The Bertz CT molecular complexity index is 896. The minimum Gasteiger partial charge on any atom is -0.361 e. The molecule has 1 aromatic heterocycles. The van der Waals surface area contributed by atoms with E-state index in [1.807, 2.05) is 32.0 Å². The topological polar surface area (TPSA) is 63.4 Å². The van der Waals surface area contributed by atoms with Gasteiger partial charge in [-0.3, -0.25) is 0 Å². The summed E-state index contributed by atoms with van der Waals surface area (Å²) in [6.07, 6.45) is 7.92. The molecule has 0 radical (unpaired) electrons. The Balaban J connectivity index is 1.56. The Morgan fingerprint density at radius 3 is 2.39 bits per heavy atom. The van der Waals surface area contributed by atoms with Crippen LogP contribution >= 0.6 is 0 Å². The molecule has 5 nitrogen and oxygen atoms in total. The van der Waals surface area contributed by atoms with Gasteiger partial charge >= 0.3 is 0 Å². The molecule has 2 heterocycles. The van der Waals surface area contributed by atoms with Crippen LogP contribution in [0.15, 0.2) is 39.8 Å². The first-order valence-electron chi connectivity index (χ1n) is 10.5. The molecule has 1 saturated carbocycles. The molecule has 0 spiro atoms. The Morgan fingerprint density at radius 1 is 1.04 bits per heavy atom. The lowest BCUT2D eigenvalue weighted by molar-refractivity contribution is 0.338. The zero-order valence-corrected chi connectivity index (χ0v) is 17.6. The number of aromatic nitrogens is 1. The highest BCUT2D eigenvalue weighted by Gasteiger charge is 2.38. The largest absolute Gasteiger partial charge is 0.361 e. The van der Waals surface area contributed by atoms with Crippen LogP contribution in [0.2, 0.25) is 0 Å². The fourth-order valence-corrected chi connectivity index (χ4v) is 6.21. The van der Waals surface area contributed by atoms with E-state index in [-0.39, 0.29) is 12.0 Å². The lowest BCUT2D eigenvalue weighted by Gasteiger charge is -2.24. The molecule has 28 heavy (non-hydrogen) atoms. The summed E-state index contributed by atoms with van der Waals surface area (Å²) < 4.78 is 33.6. The summed E-state index contributed by atoms with van der Waals surface area (Å²) in [5.74, 6) is 1.62. The summed E-state index contributed by atoms with van der Waals surface area (Å²) in [5, 5.41) is 4.17. The van der Waals surface area contributed by atoms with Crippen LogP contribution in [0.3, 0.4) is 0 Å². The van der Waals surface area contributed by atoms with Gasteiger partial charge in [0, 0.05) is 18.5 Å². The van der Waals surface area contributed by atoms with Crippen molar-refractivity contribution in [3.63, 3.8) is 0 Å². The molecule has 1 aliphatic heterocycles. The van der Waals surface area contributed by atoms with Gasteiger partial charge in [0.25, 0.3) is 0 Å². The first-order valence-corrected chi connectivity index (χ1v) is 12.0. The Labute approximate surface area is 168 Å². The van der Waals surface area contributed by atoms with E-state index in [1.54, 1.807) is 16.4 Å². The van der Waals surface area contributed by atoms with Gasteiger partial charge in [0.05, 0.1) is 10.9 Å². The molecule has 152 valence electrons. The predicted octanol–water partition coefficient (Wildman–Crippen LogP) is 5.37. The standard InChI is InChI=1S/C22H30N2O3S/c1-16(2)22-15-20(23-27-22)21-9-6-14-24(21)28(25,26)19-12-10-18(11-13-19)17-7-4-3-5-8-17/h10-13,15-17,21H,3-9,14H2,1-2H3. The van der Waals surface area contributed by atoms with Gasteiger partial charge in [0.15, 0.2) is 0 Å². The van der Waals surface area contributed by atoms with E-state index >= 15 is 0 Å². The van der Waals surface area contributed by atoms with E-state index in [0.717, 1.165) is 24.3 Å². The van der Waals surface area contributed by atoms with E-state index < -0.39 is 10.0 Å². The molecule has 0 N–H and O–H groups in total. The van der Waals surface area contributed by atoms with Crippen molar-refractivity contribution in [2.24, 2.45) is 0 Å². The highest BCUT2D eigenvalue weighted by molar-refractivity contribution is 7.89. The SMILES string of the molecule is CC(C)c1cc(C2CCCN2S(=O)(=O)c2ccc(C3CCCCC3)cc2)no1. The normalized spacial score (nSPS) is 22.2. The fraction of sp³-hybridized carbons (Fsp3) is 0.591. The zero-order chi connectivity index (χ0) is 19.7. The van der Waals surface area contributed by atoms with E-state index in [9.17, 15) is 8.42 Å². The smallest absolute Gasteiger partial charge is 0.243 e. The minimum atomic E-state index is -3.54. The van der Waals surface area contributed by atoms with Gasteiger partial charge in [0.2, 0.25) is 10.0 Å². The summed E-state index contributed by atoms with van der Waals surface area (Å²) in [6, 6.07) is 9.28. The third-order valence-electron chi connectivity index (χ3n) is 6.22. The first-order chi connectivity index (χ1) is 13.5.